The Morgan fingerprint density at radius 1 is 1.14 bits per heavy atom. The van der Waals surface area contributed by atoms with Crippen LogP contribution >= 0.6 is 22.7 Å². The van der Waals surface area contributed by atoms with Gasteiger partial charge in [-0.15, -0.1) is 22.7 Å². The highest BCUT2D eigenvalue weighted by molar-refractivity contribution is 7.17. The number of nitrogens with zero attached hydrogens (tertiary/aromatic N) is 3. The third kappa shape index (κ3) is 4.28. The number of hydrogen-bond donors (Lipinski definition) is 1. The van der Waals surface area contributed by atoms with Gasteiger partial charge in [0.15, 0.2) is 0 Å². The van der Waals surface area contributed by atoms with Gasteiger partial charge in [0, 0.05) is 49.0 Å². The molecule has 4 heterocycles. The van der Waals surface area contributed by atoms with E-state index in [9.17, 15) is 4.79 Å². The second-order valence-electron chi connectivity index (χ2n) is 7.48. The van der Waals surface area contributed by atoms with E-state index in [1.54, 1.807) is 11.3 Å². The van der Waals surface area contributed by atoms with E-state index in [4.69, 9.17) is 0 Å². The summed E-state index contributed by atoms with van der Waals surface area (Å²) >= 11 is 3.14. The number of anilines is 1. The molecule has 0 aliphatic carbocycles. The molecular weight excluding hydrogens is 400 g/mol. The highest BCUT2D eigenvalue weighted by Crippen LogP contribution is 2.42. The van der Waals surface area contributed by atoms with Crippen LogP contribution in [0, 0.1) is 13.8 Å². The lowest BCUT2D eigenvalue weighted by Crippen LogP contribution is -2.46. The van der Waals surface area contributed by atoms with Crippen LogP contribution in [0.15, 0.2) is 42.0 Å². The zero-order valence-corrected chi connectivity index (χ0v) is 18.6. The number of aryl methyl sites for hydroxylation is 1. The Morgan fingerprint density at radius 3 is 2.52 bits per heavy atom. The van der Waals surface area contributed by atoms with Crippen molar-refractivity contribution >= 4 is 33.6 Å². The van der Waals surface area contributed by atoms with Crippen LogP contribution in [0.2, 0.25) is 0 Å². The minimum atomic E-state index is -0.0330. The number of carbonyl (C=O) groups excluding carboxylic acids is 1. The van der Waals surface area contributed by atoms with Crippen LogP contribution in [0.5, 0.6) is 0 Å². The lowest BCUT2D eigenvalue weighted by molar-refractivity contribution is 0.103. The zero-order valence-electron chi connectivity index (χ0n) is 17.0. The fraction of sp³-hybridized carbons (Fsp3) is 0.364. The van der Waals surface area contributed by atoms with Gasteiger partial charge in [0.1, 0.15) is 5.00 Å². The molecule has 7 heteroatoms. The van der Waals surface area contributed by atoms with Crippen LogP contribution in [0.1, 0.15) is 37.3 Å². The van der Waals surface area contributed by atoms with Crippen molar-refractivity contribution in [2.24, 2.45) is 0 Å². The van der Waals surface area contributed by atoms with Crippen molar-refractivity contribution in [1.82, 2.24) is 14.8 Å². The molecule has 3 aromatic heterocycles. The second kappa shape index (κ2) is 8.75. The van der Waals surface area contributed by atoms with E-state index >= 15 is 0 Å². The van der Waals surface area contributed by atoms with Gasteiger partial charge in [0.25, 0.3) is 5.91 Å². The molecule has 1 amide bonds. The third-order valence-electron chi connectivity index (χ3n) is 5.60. The second-order valence-corrected chi connectivity index (χ2v) is 9.65. The van der Waals surface area contributed by atoms with Crippen molar-refractivity contribution in [2.75, 3.05) is 38.5 Å². The first-order valence-corrected chi connectivity index (χ1v) is 11.5. The van der Waals surface area contributed by atoms with Crippen molar-refractivity contribution in [3.8, 4) is 0 Å². The first-order valence-electron chi connectivity index (χ1n) is 9.82. The van der Waals surface area contributed by atoms with Crippen LogP contribution in [0.25, 0.3) is 0 Å². The molecule has 0 bridgehead atoms. The van der Waals surface area contributed by atoms with Gasteiger partial charge in [0.05, 0.1) is 10.9 Å². The number of thiophene rings is 2. The van der Waals surface area contributed by atoms with E-state index < -0.39 is 0 Å². The average molecular weight is 427 g/mol. The summed E-state index contributed by atoms with van der Waals surface area (Å²) in [6.07, 6.45) is 3.72. The maximum Gasteiger partial charge on any atom is 0.266 e. The zero-order chi connectivity index (χ0) is 20.4. The van der Waals surface area contributed by atoms with E-state index in [1.807, 2.05) is 29.9 Å². The number of carbonyl (C=O) groups is 1. The van der Waals surface area contributed by atoms with Crippen molar-refractivity contribution in [3.05, 3.63) is 68.5 Å². The topological polar surface area (TPSA) is 48.5 Å². The summed E-state index contributed by atoms with van der Waals surface area (Å²) < 4.78 is 0. The molecule has 4 rings (SSSR count). The maximum absolute atomic E-state index is 12.8. The number of nitrogens with one attached hydrogen (secondary N) is 1. The average Bonchev–Trinajstić information content (AvgIpc) is 3.35. The molecule has 1 unspecified atom stereocenters. The Bertz CT molecular complexity index is 960. The molecule has 1 fully saturated rings. The SMILES string of the molecule is Cc1sc(NC(=O)c2cccs2)c(C(c2ccncc2)N2CCN(C)CC2)c1C. The Kier molecular flexibility index (Phi) is 6.10. The molecule has 0 spiro atoms. The Morgan fingerprint density at radius 2 is 1.86 bits per heavy atom. The largest absolute Gasteiger partial charge is 0.313 e. The molecule has 1 saturated heterocycles. The predicted octanol–water partition coefficient (Wildman–Crippen LogP) is 4.41. The van der Waals surface area contributed by atoms with Crippen molar-refractivity contribution in [1.29, 1.82) is 0 Å². The summed E-state index contributed by atoms with van der Waals surface area (Å²) in [4.78, 5) is 23.9. The van der Waals surface area contributed by atoms with Crippen LogP contribution in [0.3, 0.4) is 0 Å². The third-order valence-corrected chi connectivity index (χ3v) is 7.61. The highest BCUT2D eigenvalue weighted by Gasteiger charge is 2.31. The molecule has 1 aliphatic rings. The smallest absolute Gasteiger partial charge is 0.266 e. The molecule has 3 aromatic rings. The standard InChI is InChI=1S/C22H26N4OS2/c1-15-16(2)29-22(24-21(27)18-5-4-14-28-18)19(15)20(17-6-8-23-9-7-17)26-12-10-25(3)11-13-26/h4-9,14,20H,10-13H2,1-3H3,(H,24,27). The molecule has 0 saturated carbocycles. The first-order chi connectivity index (χ1) is 14.0. The van der Waals surface area contributed by atoms with Crippen LogP contribution in [-0.4, -0.2) is 53.9 Å². The van der Waals surface area contributed by atoms with Crippen molar-refractivity contribution in [2.45, 2.75) is 19.9 Å². The fourth-order valence-electron chi connectivity index (χ4n) is 3.83. The minimum Gasteiger partial charge on any atom is -0.313 e. The van der Waals surface area contributed by atoms with Crippen LogP contribution in [0.4, 0.5) is 5.00 Å². The normalized spacial score (nSPS) is 16.7. The molecule has 152 valence electrons. The molecule has 1 atom stereocenters. The summed E-state index contributed by atoms with van der Waals surface area (Å²) in [5.41, 5.74) is 3.70. The quantitative estimate of drug-likeness (QED) is 0.657. The molecule has 29 heavy (non-hydrogen) atoms. The Labute approximate surface area is 180 Å². The van der Waals surface area contributed by atoms with E-state index in [0.717, 1.165) is 36.1 Å². The fourth-order valence-corrected chi connectivity index (χ4v) is 5.53. The molecular formula is C22H26N4OS2. The Balaban J connectivity index is 1.75. The van der Waals surface area contributed by atoms with E-state index in [0.29, 0.717) is 0 Å². The Hall–Kier alpha value is -2.06. The first kappa shape index (κ1) is 20.2. The van der Waals surface area contributed by atoms with E-state index in [-0.39, 0.29) is 11.9 Å². The van der Waals surface area contributed by atoms with Gasteiger partial charge in [0.2, 0.25) is 0 Å². The van der Waals surface area contributed by atoms with Gasteiger partial charge >= 0.3 is 0 Å². The van der Waals surface area contributed by atoms with Crippen LogP contribution < -0.4 is 5.32 Å². The summed E-state index contributed by atoms with van der Waals surface area (Å²) in [6, 6.07) is 8.08. The van der Waals surface area contributed by atoms with Crippen molar-refractivity contribution < 1.29 is 4.79 Å². The van der Waals surface area contributed by atoms with Gasteiger partial charge < -0.3 is 10.2 Å². The minimum absolute atomic E-state index is 0.0330. The molecule has 0 aromatic carbocycles. The molecule has 1 N–H and O–H groups in total. The van der Waals surface area contributed by atoms with Gasteiger partial charge in [-0.05, 0) is 55.6 Å². The molecule has 5 nitrogen and oxygen atoms in total. The number of aromatic nitrogens is 1. The van der Waals surface area contributed by atoms with Crippen LogP contribution in [-0.2, 0) is 0 Å². The molecule has 1 aliphatic heterocycles. The number of pyridine rings is 1. The van der Waals surface area contributed by atoms with Gasteiger partial charge in [-0.3, -0.25) is 14.7 Å². The lowest BCUT2D eigenvalue weighted by Gasteiger charge is -2.38. The number of likely N-dealkylation sites (N-methyl/N-ethyl adjacent to an activating group) is 1. The predicted molar refractivity (Wildman–Crippen MR) is 121 cm³/mol. The number of hydrogen-bond acceptors (Lipinski definition) is 6. The highest BCUT2D eigenvalue weighted by atomic mass is 32.1. The summed E-state index contributed by atoms with van der Waals surface area (Å²) in [5, 5.41) is 6.10. The number of amides is 1. The number of piperazine rings is 1. The van der Waals surface area contributed by atoms with Gasteiger partial charge in [-0.2, -0.15) is 0 Å². The summed E-state index contributed by atoms with van der Waals surface area (Å²) in [6.45, 7) is 8.39. The monoisotopic (exact) mass is 426 g/mol. The summed E-state index contributed by atoms with van der Waals surface area (Å²) in [7, 11) is 2.17. The molecule has 0 radical (unpaired) electrons. The number of rotatable bonds is 5. The van der Waals surface area contributed by atoms with Gasteiger partial charge in [-0.1, -0.05) is 6.07 Å². The van der Waals surface area contributed by atoms with E-state index in [2.05, 4.69) is 53.1 Å². The van der Waals surface area contributed by atoms with E-state index in [1.165, 1.54) is 32.9 Å². The lowest BCUT2D eigenvalue weighted by atomic mass is 9.95. The van der Waals surface area contributed by atoms with Gasteiger partial charge in [-0.25, -0.2) is 0 Å². The van der Waals surface area contributed by atoms with Crippen molar-refractivity contribution in [3.63, 3.8) is 0 Å². The summed E-state index contributed by atoms with van der Waals surface area (Å²) in [5.74, 6) is -0.0330. The maximum atomic E-state index is 12.8.